The number of hydrogen-bond donors (Lipinski definition) is 0. The Morgan fingerprint density at radius 1 is 0.451 bits per heavy atom. The van der Waals surface area contributed by atoms with Crippen LogP contribution < -0.4 is 0 Å². The van der Waals surface area contributed by atoms with E-state index in [0.717, 1.165) is 60.9 Å². The van der Waals surface area contributed by atoms with Crippen molar-refractivity contribution in [3.8, 4) is 5.69 Å². The molecule has 5 heterocycles. The van der Waals surface area contributed by atoms with Gasteiger partial charge in [0.15, 0.2) is 12.0 Å². The lowest BCUT2D eigenvalue weighted by atomic mass is 9.97. The van der Waals surface area contributed by atoms with Gasteiger partial charge in [0.05, 0.1) is 11.0 Å². The first kappa shape index (κ1) is 39.3. The van der Waals surface area contributed by atoms with Crippen molar-refractivity contribution in [3.05, 3.63) is 223 Å². The zero-order valence-corrected chi connectivity index (χ0v) is 39.9. The van der Waals surface area contributed by atoms with Gasteiger partial charge in [-0.2, -0.15) is 0 Å². The molecule has 332 valence electrons. The van der Waals surface area contributed by atoms with E-state index in [1.54, 1.807) is 0 Å². The van der Waals surface area contributed by atoms with Crippen molar-refractivity contribution >= 4 is 151 Å². The highest BCUT2D eigenvalue weighted by molar-refractivity contribution is 7.26. The molecule has 0 bridgehead atoms. The fourth-order valence-electron chi connectivity index (χ4n) is 11.6. The van der Waals surface area contributed by atoms with Gasteiger partial charge in [-0.25, -0.2) is 9.98 Å². The van der Waals surface area contributed by atoms with Gasteiger partial charge in [-0.1, -0.05) is 121 Å². The number of amidine groups is 2. The molecule has 0 N–H and O–H groups in total. The average Bonchev–Trinajstić information content (AvgIpc) is 4.19. The first-order valence-electron chi connectivity index (χ1n) is 24.0. The lowest BCUT2D eigenvalue weighted by molar-refractivity contribution is 0.382. The van der Waals surface area contributed by atoms with Crippen LogP contribution in [-0.2, 0) is 0 Å². The average molecular weight is 943 g/mol. The van der Waals surface area contributed by atoms with Crippen molar-refractivity contribution in [3.63, 3.8) is 0 Å². The van der Waals surface area contributed by atoms with Crippen LogP contribution in [0, 0.1) is 0 Å². The Balaban J connectivity index is 0.942. The number of benzene rings is 11. The van der Waals surface area contributed by atoms with E-state index in [2.05, 4.69) is 223 Å². The normalized spacial score (nSPS) is 14.5. The first-order valence-corrected chi connectivity index (χ1v) is 25.7. The van der Waals surface area contributed by atoms with E-state index in [9.17, 15) is 0 Å². The molecule has 5 nitrogen and oxygen atoms in total. The number of rotatable bonds is 4. The van der Waals surface area contributed by atoms with Crippen LogP contribution in [0.5, 0.6) is 0 Å². The van der Waals surface area contributed by atoms with Crippen LogP contribution in [0.15, 0.2) is 221 Å². The number of thiophene rings is 2. The summed E-state index contributed by atoms with van der Waals surface area (Å²) in [5, 5.41) is 16.7. The number of para-hydroxylation sites is 1. The SMILES string of the molecule is CN1C(c2ccc3sc4ccccc4c3c2)=NC(c2ccc3sc4ccccc4c3c2)=NC1c1cc2ccc(-n3c4cc5ccccc5cc4c4ccc5ccccc5c43)cc2c2c1oc1ccccc12. The van der Waals surface area contributed by atoms with Crippen LogP contribution in [0.2, 0.25) is 0 Å². The van der Waals surface area contributed by atoms with E-state index in [1.165, 1.54) is 83.7 Å². The molecule has 0 fully saturated rings. The fraction of sp³-hybridized carbons (Fsp3) is 0.0312. The second-order valence-electron chi connectivity index (χ2n) is 18.9. The maximum absolute atomic E-state index is 7.10. The minimum Gasteiger partial charge on any atom is -0.456 e. The second-order valence-corrected chi connectivity index (χ2v) is 21.1. The number of aromatic nitrogens is 1. The van der Waals surface area contributed by atoms with Gasteiger partial charge < -0.3 is 13.9 Å². The van der Waals surface area contributed by atoms with Crippen LogP contribution in [0.25, 0.3) is 122 Å². The summed E-state index contributed by atoms with van der Waals surface area (Å²) in [6, 6.07) is 75.3. The summed E-state index contributed by atoms with van der Waals surface area (Å²) in [6.07, 6.45) is -0.466. The number of aliphatic imine (C=N–C) groups is 2. The Bertz CT molecular complexity index is 4870. The summed E-state index contributed by atoms with van der Waals surface area (Å²) in [6.45, 7) is 0. The molecule has 0 radical (unpaired) electrons. The second kappa shape index (κ2) is 14.7. The predicted molar refractivity (Wildman–Crippen MR) is 303 cm³/mol. The Morgan fingerprint density at radius 2 is 1.07 bits per heavy atom. The summed E-state index contributed by atoms with van der Waals surface area (Å²) in [5.74, 6) is 1.56. The lowest BCUT2D eigenvalue weighted by Crippen LogP contribution is -2.35. The Morgan fingerprint density at radius 3 is 1.85 bits per heavy atom. The van der Waals surface area contributed by atoms with E-state index < -0.39 is 6.17 Å². The first-order chi connectivity index (χ1) is 35.1. The molecule has 0 aliphatic carbocycles. The highest BCUT2D eigenvalue weighted by Gasteiger charge is 2.31. The van der Waals surface area contributed by atoms with Gasteiger partial charge >= 0.3 is 0 Å². The molecule has 0 spiro atoms. The largest absolute Gasteiger partial charge is 0.456 e. The quantitative estimate of drug-likeness (QED) is 0.176. The molecule has 11 aromatic carbocycles. The maximum Gasteiger partial charge on any atom is 0.159 e. The third-order valence-corrected chi connectivity index (χ3v) is 17.3. The maximum atomic E-state index is 7.10. The topological polar surface area (TPSA) is 46.0 Å². The van der Waals surface area contributed by atoms with Gasteiger partial charge in [0.25, 0.3) is 0 Å². The summed E-state index contributed by atoms with van der Waals surface area (Å²) < 4.78 is 14.6. The summed E-state index contributed by atoms with van der Waals surface area (Å²) in [5.41, 5.74) is 8.17. The highest BCUT2D eigenvalue weighted by Crippen LogP contribution is 2.45. The zero-order chi connectivity index (χ0) is 46.5. The molecule has 15 aromatic rings. The van der Waals surface area contributed by atoms with Crippen LogP contribution in [0.1, 0.15) is 22.9 Å². The number of hydrogen-bond acceptors (Lipinski definition) is 6. The van der Waals surface area contributed by atoms with Crippen molar-refractivity contribution in [2.45, 2.75) is 6.17 Å². The lowest BCUT2D eigenvalue weighted by Gasteiger charge is -2.32. The third kappa shape index (κ3) is 5.73. The summed E-state index contributed by atoms with van der Waals surface area (Å²) >= 11 is 3.66. The molecule has 1 aliphatic heterocycles. The van der Waals surface area contributed by atoms with E-state index in [1.807, 2.05) is 22.7 Å². The molecule has 4 aromatic heterocycles. The predicted octanol–water partition coefficient (Wildman–Crippen LogP) is 17.7. The van der Waals surface area contributed by atoms with Crippen molar-refractivity contribution < 1.29 is 4.42 Å². The molecule has 0 saturated carbocycles. The Labute approximate surface area is 414 Å². The Kier molecular flexibility index (Phi) is 8.13. The molecule has 7 heteroatoms. The van der Waals surface area contributed by atoms with Crippen LogP contribution in [-0.4, -0.2) is 28.2 Å². The Hall–Kier alpha value is -8.62. The minimum atomic E-state index is -0.466. The third-order valence-electron chi connectivity index (χ3n) is 15.0. The molecular weight excluding hydrogens is 905 g/mol. The van der Waals surface area contributed by atoms with Crippen molar-refractivity contribution in [1.82, 2.24) is 9.47 Å². The molecule has 71 heavy (non-hydrogen) atoms. The number of nitrogens with zero attached hydrogens (tertiary/aromatic N) is 4. The number of furan rings is 1. The number of fused-ring (bicyclic) bond motifs is 17. The minimum absolute atomic E-state index is 0.466. The van der Waals surface area contributed by atoms with E-state index >= 15 is 0 Å². The standard InChI is InChI=1S/C64H38N4OS2/c1-67-63(41-25-29-58-51(33-41)45-17-8-11-21-56(45)71-58)65-62(40-24-28-57-50(32-40)44-16-7-10-20-55(44)70-57)66-64(67)52-31-39-22-26-42(35-48(39)59-47-18-6-9-19-54(47)69-61(52)59)68-53-34-38-14-3-2-13-37(38)30-49(53)46-27-23-36-12-4-5-15-43(36)60(46)68/h2-35,64H,1H3. The van der Waals surface area contributed by atoms with Crippen molar-refractivity contribution in [2.75, 3.05) is 7.05 Å². The molecule has 1 atom stereocenters. The van der Waals surface area contributed by atoms with Crippen LogP contribution >= 0.6 is 22.7 Å². The van der Waals surface area contributed by atoms with E-state index in [-0.39, 0.29) is 0 Å². The molecular formula is C64H38N4OS2. The molecule has 0 amide bonds. The van der Waals surface area contributed by atoms with Gasteiger partial charge in [0.2, 0.25) is 0 Å². The van der Waals surface area contributed by atoms with Crippen molar-refractivity contribution in [1.29, 1.82) is 0 Å². The van der Waals surface area contributed by atoms with E-state index in [0.29, 0.717) is 5.84 Å². The van der Waals surface area contributed by atoms with Gasteiger partial charge in [-0.3, -0.25) is 0 Å². The molecule has 16 rings (SSSR count). The van der Waals surface area contributed by atoms with Crippen LogP contribution in [0.4, 0.5) is 0 Å². The van der Waals surface area contributed by atoms with Gasteiger partial charge in [-0.05, 0) is 112 Å². The molecule has 1 unspecified atom stereocenters. The monoisotopic (exact) mass is 942 g/mol. The van der Waals surface area contributed by atoms with Crippen LogP contribution in [0.3, 0.4) is 0 Å². The molecule has 0 saturated heterocycles. The molecule has 1 aliphatic rings. The summed E-state index contributed by atoms with van der Waals surface area (Å²) in [7, 11) is 2.13. The fourth-order valence-corrected chi connectivity index (χ4v) is 13.8. The van der Waals surface area contributed by atoms with Gasteiger partial charge in [0.1, 0.15) is 17.0 Å². The smallest absolute Gasteiger partial charge is 0.159 e. The van der Waals surface area contributed by atoms with Crippen molar-refractivity contribution in [2.24, 2.45) is 9.98 Å². The van der Waals surface area contributed by atoms with E-state index in [4.69, 9.17) is 14.4 Å². The van der Waals surface area contributed by atoms with Gasteiger partial charge in [-0.15, -0.1) is 22.7 Å². The highest BCUT2D eigenvalue weighted by atomic mass is 32.1. The zero-order valence-electron chi connectivity index (χ0n) is 38.2. The summed E-state index contributed by atoms with van der Waals surface area (Å²) in [4.78, 5) is 13.4. The van der Waals surface area contributed by atoms with Gasteiger partial charge in [0, 0.05) is 96.7 Å².